The van der Waals surface area contributed by atoms with E-state index in [1.807, 2.05) is 0 Å². The van der Waals surface area contributed by atoms with Crippen molar-refractivity contribution in [2.45, 2.75) is 77.4 Å². The molecule has 4 N–H and O–H groups in total. The zero-order valence-electron chi connectivity index (χ0n) is 18.5. The maximum Gasteiger partial charge on any atom is 0.412 e. The zero-order chi connectivity index (χ0) is 22.9. The van der Waals surface area contributed by atoms with E-state index in [1.54, 1.807) is 20.8 Å². The lowest BCUT2D eigenvalue weighted by Gasteiger charge is -2.22. The van der Waals surface area contributed by atoms with Gasteiger partial charge in [-0.05, 0) is 58.2 Å². The van der Waals surface area contributed by atoms with Gasteiger partial charge in [0.25, 0.3) is 0 Å². The van der Waals surface area contributed by atoms with Crippen LogP contribution in [0.3, 0.4) is 0 Å². The summed E-state index contributed by atoms with van der Waals surface area (Å²) in [5.74, 6) is -0.904. The number of carbonyl (C=O) groups excluding carboxylic acids is 3. The quantitative estimate of drug-likeness (QED) is 0.471. The summed E-state index contributed by atoms with van der Waals surface area (Å²) >= 11 is 0. The molecule has 31 heavy (non-hydrogen) atoms. The Bertz CT molecular complexity index is 773. The fraction of sp³-hybridized carbons (Fsp3) is 0.591. The highest BCUT2D eigenvalue weighted by Gasteiger charge is 2.18. The zero-order valence-corrected chi connectivity index (χ0v) is 18.5. The summed E-state index contributed by atoms with van der Waals surface area (Å²) < 4.78 is 18.8. The van der Waals surface area contributed by atoms with Crippen molar-refractivity contribution in [2.75, 3.05) is 17.2 Å². The van der Waals surface area contributed by atoms with E-state index in [-0.39, 0.29) is 35.8 Å². The topological polar surface area (TPSA) is 109 Å². The smallest absolute Gasteiger partial charge is 0.412 e. The van der Waals surface area contributed by atoms with E-state index in [9.17, 15) is 18.8 Å². The summed E-state index contributed by atoms with van der Waals surface area (Å²) in [7, 11) is 0. The van der Waals surface area contributed by atoms with Crippen LogP contribution in [0.5, 0.6) is 0 Å². The minimum atomic E-state index is -0.706. The van der Waals surface area contributed by atoms with Gasteiger partial charge in [0.15, 0.2) is 0 Å². The molecule has 1 aliphatic rings. The predicted molar refractivity (Wildman–Crippen MR) is 118 cm³/mol. The number of hydrogen-bond donors (Lipinski definition) is 4. The van der Waals surface area contributed by atoms with Crippen LogP contribution >= 0.6 is 0 Å². The summed E-state index contributed by atoms with van der Waals surface area (Å²) in [5.41, 5.74) is -0.322. The first-order chi connectivity index (χ1) is 14.6. The van der Waals surface area contributed by atoms with Gasteiger partial charge in [-0.25, -0.2) is 14.0 Å². The Hall–Kier alpha value is -2.84. The van der Waals surface area contributed by atoms with Crippen LogP contribution in [0, 0.1) is 5.82 Å². The monoisotopic (exact) mass is 436 g/mol. The van der Waals surface area contributed by atoms with E-state index in [2.05, 4.69) is 21.3 Å². The van der Waals surface area contributed by atoms with E-state index in [0.29, 0.717) is 13.0 Å². The summed E-state index contributed by atoms with van der Waals surface area (Å²) in [5, 5.41) is 10.8. The number of urea groups is 1. The molecule has 2 rings (SSSR count). The van der Waals surface area contributed by atoms with E-state index in [1.165, 1.54) is 18.6 Å². The van der Waals surface area contributed by atoms with Crippen LogP contribution in [0.4, 0.5) is 25.4 Å². The fourth-order valence-electron chi connectivity index (χ4n) is 3.29. The maximum atomic E-state index is 13.6. The highest BCUT2D eigenvalue weighted by atomic mass is 19.1. The molecule has 0 aliphatic heterocycles. The second-order valence-corrected chi connectivity index (χ2v) is 8.70. The van der Waals surface area contributed by atoms with Crippen LogP contribution < -0.4 is 21.3 Å². The molecular weight excluding hydrogens is 403 g/mol. The molecule has 0 heterocycles. The van der Waals surface area contributed by atoms with Crippen LogP contribution in [-0.2, 0) is 9.53 Å². The van der Waals surface area contributed by atoms with Crippen LogP contribution in [-0.4, -0.2) is 36.2 Å². The van der Waals surface area contributed by atoms with Gasteiger partial charge < -0.3 is 20.7 Å². The predicted octanol–water partition coefficient (Wildman–Crippen LogP) is 4.52. The summed E-state index contributed by atoms with van der Waals surface area (Å²) in [6.07, 6.45) is 5.34. The van der Waals surface area contributed by atoms with Crippen molar-refractivity contribution in [1.82, 2.24) is 10.6 Å². The molecule has 0 spiro atoms. The Morgan fingerprint density at radius 3 is 2.45 bits per heavy atom. The van der Waals surface area contributed by atoms with Crippen LogP contribution in [0.15, 0.2) is 18.2 Å². The van der Waals surface area contributed by atoms with Crippen LogP contribution in [0.1, 0.15) is 65.7 Å². The molecule has 0 radical (unpaired) electrons. The van der Waals surface area contributed by atoms with Gasteiger partial charge in [0, 0.05) is 19.0 Å². The van der Waals surface area contributed by atoms with E-state index in [0.717, 1.165) is 31.7 Å². The molecular formula is C22H33FN4O4. The molecule has 1 aliphatic carbocycles. The molecule has 0 bridgehead atoms. The Morgan fingerprint density at radius 2 is 1.77 bits per heavy atom. The minimum absolute atomic E-state index is 0.131. The molecule has 0 atom stereocenters. The third kappa shape index (κ3) is 9.67. The van der Waals surface area contributed by atoms with Crippen molar-refractivity contribution in [2.24, 2.45) is 0 Å². The highest BCUT2D eigenvalue weighted by Crippen LogP contribution is 2.24. The number of rotatable bonds is 7. The van der Waals surface area contributed by atoms with Gasteiger partial charge in [0.2, 0.25) is 5.91 Å². The minimum Gasteiger partial charge on any atom is -0.444 e. The standard InChI is InChI=1S/C22H33FN4O4/c1-22(2,3)31-21(30)27-17-12-11-15(23)14-18(17)26-19(28)10-7-13-24-20(29)25-16-8-5-4-6-9-16/h11-12,14,16H,4-10,13H2,1-3H3,(H,26,28)(H,27,30)(H2,24,25,29). The third-order valence-corrected chi connectivity index (χ3v) is 4.70. The lowest BCUT2D eigenvalue weighted by Crippen LogP contribution is -2.43. The van der Waals surface area contributed by atoms with Crippen molar-refractivity contribution in [3.8, 4) is 0 Å². The van der Waals surface area contributed by atoms with Crippen LogP contribution in [0.2, 0.25) is 0 Å². The molecule has 1 aromatic rings. The largest absolute Gasteiger partial charge is 0.444 e. The Morgan fingerprint density at radius 1 is 1.06 bits per heavy atom. The molecule has 0 unspecified atom stereocenters. The van der Waals surface area contributed by atoms with Gasteiger partial charge in [-0.3, -0.25) is 10.1 Å². The molecule has 1 fully saturated rings. The molecule has 0 aromatic heterocycles. The number of amides is 4. The Labute approximate surface area is 182 Å². The highest BCUT2D eigenvalue weighted by molar-refractivity contribution is 5.97. The molecule has 172 valence electrons. The molecule has 1 saturated carbocycles. The lowest BCUT2D eigenvalue weighted by molar-refractivity contribution is -0.116. The second-order valence-electron chi connectivity index (χ2n) is 8.70. The average molecular weight is 437 g/mol. The average Bonchev–Trinajstić information content (AvgIpc) is 2.67. The maximum absolute atomic E-state index is 13.6. The normalized spacial score (nSPS) is 14.5. The number of halogens is 1. The van der Waals surface area contributed by atoms with Gasteiger partial charge >= 0.3 is 12.1 Å². The molecule has 4 amide bonds. The lowest BCUT2D eigenvalue weighted by atomic mass is 9.96. The van der Waals surface area contributed by atoms with Gasteiger partial charge in [0.05, 0.1) is 11.4 Å². The fourth-order valence-corrected chi connectivity index (χ4v) is 3.29. The number of anilines is 2. The Balaban J connectivity index is 1.77. The number of carbonyl (C=O) groups is 3. The summed E-state index contributed by atoms with van der Waals surface area (Å²) in [6.45, 7) is 5.52. The number of hydrogen-bond acceptors (Lipinski definition) is 4. The van der Waals surface area contributed by atoms with E-state index in [4.69, 9.17) is 4.74 Å². The third-order valence-electron chi connectivity index (χ3n) is 4.70. The molecule has 0 saturated heterocycles. The van der Waals surface area contributed by atoms with Gasteiger partial charge in [-0.2, -0.15) is 0 Å². The van der Waals surface area contributed by atoms with Gasteiger partial charge in [-0.15, -0.1) is 0 Å². The molecule has 1 aromatic carbocycles. The van der Waals surface area contributed by atoms with Crippen molar-refractivity contribution in [3.05, 3.63) is 24.0 Å². The van der Waals surface area contributed by atoms with Crippen molar-refractivity contribution < 1.29 is 23.5 Å². The van der Waals surface area contributed by atoms with Crippen molar-refractivity contribution in [1.29, 1.82) is 0 Å². The first-order valence-corrected chi connectivity index (χ1v) is 10.8. The van der Waals surface area contributed by atoms with E-state index >= 15 is 0 Å². The number of nitrogens with one attached hydrogen (secondary N) is 4. The first-order valence-electron chi connectivity index (χ1n) is 10.8. The second kappa shape index (κ2) is 11.5. The van der Waals surface area contributed by atoms with Gasteiger partial charge in [-0.1, -0.05) is 19.3 Å². The molecule has 9 heteroatoms. The van der Waals surface area contributed by atoms with Gasteiger partial charge in [0.1, 0.15) is 11.4 Å². The summed E-state index contributed by atoms with van der Waals surface area (Å²) in [4.78, 5) is 36.1. The summed E-state index contributed by atoms with van der Waals surface area (Å²) in [6, 6.07) is 3.66. The SMILES string of the molecule is CC(C)(C)OC(=O)Nc1ccc(F)cc1NC(=O)CCCNC(=O)NC1CCCCC1. The first kappa shape index (κ1) is 24.4. The number of benzene rings is 1. The molecule has 8 nitrogen and oxygen atoms in total. The number of ether oxygens (including phenoxy) is 1. The Kier molecular flexibility index (Phi) is 9.08. The van der Waals surface area contributed by atoms with Crippen molar-refractivity contribution in [3.63, 3.8) is 0 Å². The van der Waals surface area contributed by atoms with Crippen molar-refractivity contribution >= 4 is 29.4 Å². The van der Waals surface area contributed by atoms with Crippen LogP contribution in [0.25, 0.3) is 0 Å². The van der Waals surface area contributed by atoms with E-state index < -0.39 is 17.5 Å².